The fraction of sp³-hybridized carbons (Fsp3) is 0.909. The Morgan fingerprint density at radius 2 is 1.71 bits per heavy atom. The SMILES string of the molecule is CC1(C)C(C(=O)NCC(F)(F)CN)C1(C)C.Cl. The van der Waals surface area contributed by atoms with E-state index in [1.807, 2.05) is 27.7 Å². The lowest BCUT2D eigenvalue weighted by molar-refractivity contribution is -0.125. The van der Waals surface area contributed by atoms with Crippen molar-refractivity contribution in [3.8, 4) is 0 Å². The third-order valence-corrected chi connectivity index (χ3v) is 4.10. The van der Waals surface area contributed by atoms with Crippen molar-refractivity contribution in [1.29, 1.82) is 0 Å². The van der Waals surface area contributed by atoms with Crippen molar-refractivity contribution in [1.82, 2.24) is 5.32 Å². The van der Waals surface area contributed by atoms with Crippen molar-refractivity contribution in [2.24, 2.45) is 22.5 Å². The Morgan fingerprint density at radius 3 is 2.00 bits per heavy atom. The highest BCUT2D eigenvalue weighted by Crippen LogP contribution is 2.68. The summed E-state index contributed by atoms with van der Waals surface area (Å²) in [7, 11) is 0. The molecule has 1 fully saturated rings. The molecule has 0 bridgehead atoms. The summed E-state index contributed by atoms with van der Waals surface area (Å²) in [5.41, 5.74) is 4.63. The van der Waals surface area contributed by atoms with Crippen LogP contribution < -0.4 is 11.1 Å². The molecule has 17 heavy (non-hydrogen) atoms. The van der Waals surface area contributed by atoms with Crippen molar-refractivity contribution >= 4 is 18.3 Å². The third-order valence-electron chi connectivity index (χ3n) is 4.10. The first-order chi connectivity index (χ1) is 7.06. The molecule has 0 aromatic heterocycles. The van der Waals surface area contributed by atoms with Crippen molar-refractivity contribution in [3.63, 3.8) is 0 Å². The maximum absolute atomic E-state index is 12.8. The predicted octanol–water partition coefficient (Wildman–Crippen LogP) is 1.80. The lowest BCUT2D eigenvalue weighted by Crippen LogP contribution is -2.42. The molecule has 1 saturated carbocycles. The molecule has 0 heterocycles. The summed E-state index contributed by atoms with van der Waals surface area (Å²) in [4.78, 5) is 11.7. The van der Waals surface area contributed by atoms with Crippen LogP contribution >= 0.6 is 12.4 Å². The van der Waals surface area contributed by atoms with Gasteiger partial charge in [0, 0.05) is 5.92 Å². The lowest BCUT2D eigenvalue weighted by atomic mass is 10.0. The number of rotatable bonds is 4. The predicted molar refractivity (Wildman–Crippen MR) is 65.3 cm³/mol. The number of halogens is 3. The molecule has 102 valence electrons. The molecule has 0 aromatic rings. The van der Waals surface area contributed by atoms with Crippen LogP contribution in [-0.4, -0.2) is 24.9 Å². The molecule has 3 nitrogen and oxygen atoms in total. The first kappa shape index (κ1) is 16.6. The van der Waals surface area contributed by atoms with Gasteiger partial charge in [0.25, 0.3) is 5.92 Å². The molecule has 3 N–H and O–H groups in total. The van der Waals surface area contributed by atoms with E-state index in [2.05, 4.69) is 5.32 Å². The topological polar surface area (TPSA) is 55.1 Å². The summed E-state index contributed by atoms with van der Waals surface area (Å²) in [5, 5.41) is 2.28. The second kappa shape index (κ2) is 4.69. The Labute approximate surface area is 107 Å². The summed E-state index contributed by atoms with van der Waals surface area (Å²) in [6.07, 6.45) is 0. The fourth-order valence-electron chi connectivity index (χ4n) is 2.24. The first-order valence-electron chi connectivity index (χ1n) is 5.42. The average Bonchev–Trinajstić information content (AvgIpc) is 2.54. The molecule has 0 aromatic carbocycles. The van der Waals surface area contributed by atoms with E-state index >= 15 is 0 Å². The monoisotopic (exact) mass is 270 g/mol. The van der Waals surface area contributed by atoms with Gasteiger partial charge in [-0.05, 0) is 10.8 Å². The van der Waals surface area contributed by atoms with Crippen molar-refractivity contribution < 1.29 is 13.6 Å². The van der Waals surface area contributed by atoms with E-state index in [4.69, 9.17) is 5.73 Å². The van der Waals surface area contributed by atoms with Gasteiger partial charge in [-0.3, -0.25) is 4.79 Å². The average molecular weight is 271 g/mol. The summed E-state index contributed by atoms with van der Waals surface area (Å²) in [6.45, 7) is 6.46. The Morgan fingerprint density at radius 1 is 1.29 bits per heavy atom. The van der Waals surface area contributed by atoms with Crippen LogP contribution in [0.4, 0.5) is 8.78 Å². The summed E-state index contributed by atoms with van der Waals surface area (Å²) in [5.74, 6) is -3.52. The van der Waals surface area contributed by atoms with E-state index in [1.165, 1.54) is 0 Å². The fourth-order valence-corrected chi connectivity index (χ4v) is 2.24. The van der Waals surface area contributed by atoms with Crippen molar-refractivity contribution in [2.75, 3.05) is 13.1 Å². The van der Waals surface area contributed by atoms with Gasteiger partial charge in [-0.1, -0.05) is 27.7 Å². The van der Waals surface area contributed by atoms with Crippen molar-refractivity contribution in [3.05, 3.63) is 0 Å². The van der Waals surface area contributed by atoms with Crippen LogP contribution in [0.15, 0.2) is 0 Å². The van der Waals surface area contributed by atoms with E-state index in [1.54, 1.807) is 0 Å². The molecule has 0 spiro atoms. The zero-order chi connectivity index (χ0) is 12.8. The number of carbonyl (C=O) groups is 1. The van der Waals surface area contributed by atoms with Gasteiger partial charge >= 0.3 is 0 Å². The van der Waals surface area contributed by atoms with E-state index < -0.39 is 19.0 Å². The number of hydrogen-bond acceptors (Lipinski definition) is 2. The van der Waals surface area contributed by atoms with Gasteiger partial charge < -0.3 is 11.1 Å². The zero-order valence-corrected chi connectivity index (χ0v) is 11.5. The van der Waals surface area contributed by atoms with E-state index in [-0.39, 0.29) is 35.1 Å². The first-order valence-corrected chi connectivity index (χ1v) is 5.42. The molecular formula is C11H21ClF2N2O. The van der Waals surface area contributed by atoms with E-state index in [0.717, 1.165) is 0 Å². The Kier molecular flexibility index (Phi) is 4.57. The summed E-state index contributed by atoms with van der Waals surface area (Å²) >= 11 is 0. The number of nitrogens with two attached hydrogens (primary N) is 1. The quantitative estimate of drug-likeness (QED) is 0.818. The molecule has 1 aliphatic rings. The van der Waals surface area contributed by atoms with Gasteiger partial charge in [0.2, 0.25) is 5.91 Å². The molecule has 6 heteroatoms. The van der Waals surface area contributed by atoms with Crippen LogP contribution in [0.2, 0.25) is 0 Å². The van der Waals surface area contributed by atoms with Crippen LogP contribution in [0, 0.1) is 16.7 Å². The smallest absolute Gasteiger partial charge is 0.277 e. The maximum Gasteiger partial charge on any atom is 0.277 e. The Hall–Kier alpha value is -0.420. The normalized spacial score (nSPS) is 21.6. The largest absolute Gasteiger partial charge is 0.350 e. The molecule has 0 saturated heterocycles. The molecule has 0 unspecified atom stereocenters. The molecule has 0 aliphatic heterocycles. The lowest BCUT2D eigenvalue weighted by Gasteiger charge is -2.15. The van der Waals surface area contributed by atoms with E-state index in [0.29, 0.717) is 0 Å². The molecular weight excluding hydrogens is 250 g/mol. The number of alkyl halides is 2. The van der Waals surface area contributed by atoms with Crippen LogP contribution in [0.5, 0.6) is 0 Å². The van der Waals surface area contributed by atoms with Gasteiger partial charge in [-0.2, -0.15) is 0 Å². The van der Waals surface area contributed by atoms with E-state index in [9.17, 15) is 13.6 Å². The molecule has 1 aliphatic carbocycles. The highest BCUT2D eigenvalue weighted by atomic mass is 35.5. The number of carbonyl (C=O) groups excluding carboxylic acids is 1. The molecule has 1 rings (SSSR count). The van der Waals surface area contributed by atoms with Gasteiger partial charge in [0.05, 0.1) is 13.1 Å². The second-order valence-corrected chi connectivity index (χ2v) is 5.65. The van der Waals surface area contributed by atoms with Crippen LogP contribution in [-0.2, 0) is 4.79 Å². The highest BCUT2D eigenvalue weighted by molar-refractivity contribution is 5.85. The standard InChI is InChI=1S/C11H20F2N2O.ClH/c1-9(2)7(10(9,3)4)8(16)15-6-11(12,13)5-14;/h7H,5-6,14H2,1-4H3,(H,15,16);1H. The van der Waals surface area contributed by atoms with Gasteiger partial charge in [-0.25, -0.2) is 8.78 Å². The number of amides is 1. The van der Waals surface area contributed by atoms with Gasteiger partial charge in [0.15, 0.2) is 0 Å². The Balaban J connectivity index is 0.00000256. The summed E-state index contributed by atoms with van der Waals surface area (Å²) < 4.78 is 25.7. The van der Waals surface area contributed by atoms with Crippen LogP contribution in [0.1, 0.15) is 27.7 Å². The van der Waals surface area contributed by atoms with Crippen molar-refractivity contribution in [2.45, 2.75) is 33.6 Å². The molecule has 0 atom stereocenters. The van der Waals surface area contributed by atoms with Gasteiger partial charge in [-0.15, -0.1) is 12.4 Å². The third kappa shape index (κ3) is 2.88. The summed E-state index contributed by atoms with van der Waals surface area (Å²) in [6, 6.07) is 0. The molecule has 1 amide bonds. The second-order valence-electron chi connectivity index (χ2n) is 5.65. The minimum absolute atomic E-state index is 0. The van der Waals surface area contributed by atoms with Gasteiger partial charge in [0.1, 0.15) is 0 Å². The minimum atomic E-state index is -3.02. The zero-order valence-electron chi connectivity index (χ0n) is 10.6. The van der Waals surface area contributed by atoms with Crippen LogP contribution in [0.3, 0.4) is 0 Å². The molecule has 0 radical (unpaired) electrons. The minimum Gasteiger partial charge on any atom is -0.350 e. The number of hydrogen-bond donors (Lipinski definition) is 2. The Bertz CT molecular complexity index is 292. The highest BCUT2D eigenvalue weighted by Gasteiger charge is 2.68. The maximum atomic E-state index is 12.8. The number of nitrogens with one attached hydrogen (secondary N) is 1. The van der Waals surface area contributed by atoms with Crippen LogP contribution in [0.25, 0.3) is 0 Å².